The number of carbonyl (C=O) groups is 1. The third-order valence-electron chi connectivity index (χ3n) is 5.15. The van der Waals surface area contributed by atoms with Crippen LogP contribution < -0.4 is 0 Å². The molecule has 2 heterocycles. The quantitative estimate of drug-likeness (QED) is 0.740. The Morgan fingerprint density at radius 2 is 1.38 bits per heavy atom. The van der Waals surface area contributed by atoms with Gasteiger partial charge in [-0.1, -0.05) is 27.7 Å². The average molecular weight is 341 g/mol. The molecule has 2 aliphatic heterocycles. The van der Waals surface area contributed by atoms with Crippen molar-refractivity contribution in [3.8, 4) is 0 Å². The molecule has 0 radical (unpaired) electrons. The number of Topliss-reactive ketones (excluding diaryl/α,β-unsaturated/α-hetero) is 1. The maximum Gasteiger partial charge on any atom is 0.149 e. The predicted octanol–water partition coefficient (Wildman–Crippen LogP) is 3.59. The van der Waals surface area contributed by atoms with Crippen LogP contribution in [0.25, 0.3) is 0 Å². The third kappa shape index (κ3) is 7.20. The highest BCUT2D eigenvalue weighted by Crippen LogP contribution is 2.22. The van der Waals surface area contributed by atoms with Crippen LogP contribution in [-0.2, 0) is 9.53 Å². The summed E-state index contributed by atoms with van der Waals surface area (Å²) in [6.45, 7) is 17.5. The molecule has 24 heavy (non-hydrogen) atoms. The summed E-state index contributed by atoms with van der Waals surface area (Å²) < 4.78 is 6.32. The molecule has 0 amide bonds. The van der Waals surface area contributed by atoms with Gasteiger partial charge in [-0.05, 0) is 39.5 Å². The van der Waals surface area contributed by atoms with Gasteiger partial charge in [-0.25, -0.2) is 0 Å². The van der Waals surface area contributed by atoms with Crippen molar-refractivity contribution in [2.45, 2.75) is 85.5 Å². The van der Waals surface area contributed by atoms with E-state index in [0.717, 1.165) is 25.9 Å². The molecule has 4 nitrogen and oxygen atoms in total. The Morgan fingerprint density at radius 3 is 1.79 bits per heavy atom. The highest BCUT2D eigenvalue weighted by molar-refractivity contribution is 5.82. The van der Waals surface area contributed by atoms with E-state index in [2.05, 4.69) is 23.6 Å². The number of hydrogen-bond donors (Lipinski definition) is 0. The smallest absolute Gasteiger partial charge is 0.149 e. The van der Waals surface area contributed by atoms with Gasteiger partial charge in [0.2, 0.25) is 0 Å². The lowest BCUT2D eigenvalue weighted by Gasteiger charge is -2.38. The minimum Gasteiger partial charge on any atom is -0.375 e. The van der Waals surface area contributed by atoms with Crippen molar-refractivity contribution in [2.24, 2.45) is 5.92 Å². The van der Waals surface area contributed by atoms with Crippen LogP contribution >= 0.6 is 0 Å². The van der Waals surface area contributed by atoms with E-state index in [9.17, 15) is 4.79 Å². The summed E-state index contributed by atoms with van der Waals surface area (Å²) in [5, 5.41) is 0. The second kappa shape index (κ2) is 11.2. The second-order valence-corrected chi connectivity index (χ2v) is 7.56. The lowest BCUT2D eigenvalue weighted by Crippen LogP contribution is -2.44. The summed E-state index contributed by atoms with van der Waals surface area (Å²) in [4.78, 5) is 16.7. The topological polar surface area (TPSA) is 32.8 Å². The van der Waals surface area contributed by atoms with Crippen LogP contribution in [0.4, 0.5) is 0 Å². The Morgan fingerprint density at radius 1 is 0.917 bits per heavy atom. The van der Waals surface area contributed by atoms with Crippen molar-refractivity contribution in [1.29, 1.82) is 0 Å². The highest BCUT2D eigenvalue weighted by Gasteiger charge is 2.27. The van der Waals surface area contributed by atoms with Crippen LogP contribution in [0.5, 0.6) is 0 Å². The molecule has 0 atom stereocenters. The minimum absolute atomic E-state index is 0.153. The predicted molar refractivity (Wildman–Crippen MR) is 101 cm³/mol. The summed E-state index contributed by atoms with van der Waals surface area (Å²) in [5.41, 5.74) is 0. The van der Waals surface area contributed by atoms with Gasteiger partial charge in [-0.3, -0.25) is 9.69 Å². The average Bonchev–Trinajstić information content (AvgIpc) is 2.59. The van der Waals surface area contributed by atoms with Gasteiger partial charge >= 0.3 is 0 Å². The van der Waals surface area contributed by atoms with Gasteiger partial charge in [0.1, 0.15) is 5.78 Å². The molecule has 2 rings (SSSR count). The van der Waals surface area contributed by atoms with Crippen molar-refractivity contribution < 1.29 is 9.53 Å². The standard InChI is InChI=1S/C18H34N2O2.C2H6/c1-14(2)18(21)13-19-9-5-16(6-10-19)22-17-7-11-20(12-8-17)15(3)4;1-2/h14-17H,5-13H2,1-4H3;1-2H3. The molecule has 142 valence electrons. The monoisotopic (exact) mass is 340 g/mol. The minimum atomic E-state index is 0.153. The maximum atomic E-state index is 11.8. The molecule has 0 unspecified atom stereocenters. The molecule has 0 saturated carbocycles. The molecule has 0 aromatic carbocycles. The van der Waals surface area contributed by atoms with Crippen molar-refractivity contribution in [1.82, 2.24) is 9.80 Å². The molecule has 0 N–H and O–H groups in total. The number of hydrogen-bond acceptors (Lipinski definition) is 4. The molecule has 0 aliphatic carbocycles. The number of piperidine rings is 2. The molecule has 0 spiro atoms. The SMILES string of the molecule is CC.CC(C)C(=O)CN1CCC(OC2CCN(C(C)C)CC2)CC1. The molecule has 2 fully saturated rings. The van der Waals surface area contributed by atoms with E-state index < -0.39 is 0 Å². The van der Waals surface area contributed by atoms with Crippen LogP contribution in [0.1, 0.15) is 67.2 Å². The fourth-order valence-electron chi connectivity index (χ4n) is 3.41. The molecule has 0 bridgehead atoms. The third-order valence-corrected chi connectivity index (χ3v) is 5.15. The largest absolute Gasteiger partial charge is 0.375 e. The number of ether oxygens (including phenoxy) is 1. The Balaban J connectivity index is 0.00000139. The first-order chi connectivity index (χ1) is 11.5. The zero-order chi connectivity index (χ0) is 18.1. The number of likely N-dealkylation sites (tertiary alicyclic amines) is 2. The molecular weight excluding hydrogens is 300 g/mol. The van der Waals surface area contributed by atoms with Gasteiger partial charge in [0.15, 0.2) is 0 Å². The highest BCUT2D eigenvalue weighted by atomic mass is 16.5. The molecular formula is C20H40N2O2. The summed E-state index contributed by atoms with van der Waals surface area (Å²) in [5.74, 6) is 0.514. The maximum absolute atomic E-state index is 11.8. The van der Waals surface area contributed by atoms with Crippen molar-refractivity contribution >= 4 is 5.78 Å². The molecule has 0 aromatic rings. The number of ketones is 1. The number of nitrogens with zero attached hydrogens (tertiary/aromatic N) is 2. The van der Waals surface area contributed by atoms with Crippen LogP contribution in [-0.4, -0.2) is 66.6 Å². The van der Waals surface area contributed by atoms with Gasteiger partial charge in [0.25, 0.3) is 0 Å². The van der Waals surface area contributed by atoms with Gasteiger partial charge in [-0.2, -0.15) is 0 Å². The zero-order valence-corrected chi connectivity index (χ0v) is 16.9. The number of rotatable bonds is 6. The summed E-state index contributed by atoms with van der Waals surface area (Å²) in [6.07, 6.45) is 5.35. The first kappa shape index (κ1) is 21.6. The summed E-state index contributed by atoms with van der Waals surface area (Å²) in [6, 6.07) is 0.655. The van der Waals surface area contributed by atoms with Crippen LogP contribution in [0.2, 0.25) is 0 Å². The van der Waals surface area contributed by atoms with Crippen LogP contribution in [0.3, 0.4) is 0 Å². The lowest BCUT2D eigenvalue weighted by atomic mass is 10.0. The Labute approximate surface area is 149 Å². The lowest BCUT2D eigenvalue weighted by molar-refractivity contribution is -0.124. The Bertz CT molecular complexity index is 342. The van der Waals surface area contributed by atoms with E-state index in [1.54, 1.807) is 0 Å². The molecule has 4 heteroatoms. The van der Waals surface area contributed by atoms with Gasteiger partial charge < -0.3 is 9.64 Å². The van der Waals surface area contributed by atoms with Gasteiger partial charge in [0, 0.05) is 38.1 Å². The summed E-state index contributed by atoms with van der Waals surface area (Å²) >= 11 is 0. The number of carbonyl (C=O) groups excluding carboxylic acids is 1. The first-order valence-corrected chi connectivity index (χ1v) is 10.1. The van der Waals surface area contributed by atoms with Gasteiger partial charge in [-0.15, -0.1) is 0 Å². The Kier molecular flexibility index (Phi) is 10.1. The fraction of sp³-hybridized carbons (Fsp3) is 0.950. The fourth-order valence-corrected chi connectivity index (χ4v) is 3.41. The van der Waals surface area contributed by atoms with Crippen molar-refractivity contribution in [2.75, 3.05) is 32.7 Å². The normalized spacial score (nSPS) is 21.8. The van der Waals surface area contributed by atoms with Crippen LogP contribution in [0.15, 0.2) is 0 Å². The second-order valence-electron chi connectivity index (χ2n) is 7.56. The van der Waals surface area contributed by atoms with E-state index in [4.69, 9.17) is 4.74 Å². The first-order valence-electron chi connectivity index (χ1n) is 10.1. The van der Waals surface area contributed by atoms with E-state index in [-0.39, 0.29) is 5.92 Å². The van der Waals surface area contributed by atoms with Crippen LogP contribution in [0, 0.1) is 5.92 Å². The van der Waals surface area contributed by atoms with E-state index in [0.29, 0.717) is 30.6 Å². The van der Waals surface area contributed by atoms with E-state index >= 15 is 0 Å². The van der Waals surface area contributed by atoms with Crippen molar-refractivity contribution in [3.05, 3.63) is 0 Å². The van der Waals surface area contributed by atoms with E-state index in [1.807, 2.05) is 27.7 Å². The molecule has 2 aliphatic rings. The molecule has 2 saturated heterocycles. The molecule has 0 aromatic heterocycles. The van der Waals surface area contributed by atoms with E-state index in [1.165, 1.54) is 25.9 Å². The Hall–Kier alpha value is -0.450. The van der Waals surface area contributed by atoms with Gasteiger partial charge in [0.05, 0.1) is 18.8 Å². The summed E-state index contributed by atoms with van der Waals surface area (Å²) in [7, 11) is 0. The van der Waals surface area contributed by atoms with Crippen molar-refractivity contribution in [3.63, 3.8) is 0 Å². The zero-order valence-electron chi connectivity index (χ0n) is 16.9.